The molecular formula is C92H74N4OSi2. The number of para-hydroxylation sites is 4. The molecule has 0 saturated heterocycles. The molecule has 7 heteroatoms. The molecule has 0 N–H and O–H groups in total. The largest absolute Gasteiger partial charge is 0.458 e. The fourth-order valence-corrected chi connectivity index (χ4v) is 25.9. The number of hydrogen-bond donors (Lipinski definition) is 0. The van der Waals surface area contributed by atoms with Crippen molar-refractivity contribution >= 4 is 90.5 Å². The highest BCUT2D eigenvalue weighted by molar-refractivity contribution is 7.20. The molecule has 13 aromatic carbocycles. The van der Waals surface area contributed by atoms with E-state index in [0.717, 1.165) is 85.5 Å². The van der Waals surface area contributed by atoms with Crippen molar-refractivity contribution in [2.24, 2.45) is 0 Å². The van der Waals surface area contributed by atoms with E-state index in [-0.39, 0.29) is 10.8 Å². The van der Waals surface area contributed by atoms with Gasteiger partial charge in [-0.25, -0.2) is 4.98 Å². The summed E-state index contributed by atoms with van der Waals surface area (Å²) in [6.45, 7) is 9.48. The van der Waals surface area contributed by atoms with Gasteiger partial charge in [-0.05, 0) is 141 Å². The summed E-state index contributed by atoms with van der Waals surface area (Å²) in [4.78, 5) is 5.26. The average molecular weight is 1310 g/mol. The van der Waals surface area contributed by atoms with Crippen LogP contribution in [0.25, 0.3) is 72.3 Å². The van der Waals surface area contributed by atoms with E-state index in [1.807, 2.05) is 0 Å². The lowest BCUT2D eigenvalue weighted by atomic mass is 9.64. The third kappa shape index (κ3) is 10.4. The molecule has 16 aromatic rings. The highest BCUT2D eigenvalue weighted by atomic mass is 28.3. The number of pyridine rings is 1. The maximum absolute atomic E-state index is 7.05. The van der Waals surface area contributed by atoms with Crippen LogP contribution in [0.15, 0.2) is 352 Å². The Morgan fingerprint density at radius 1 is 0.364 bits per heavy atom. The van der Waals surface area contributed by atoms with Crippen LogP contribution in [0.5, 0.6) is 11.5 Å². The third-order valence-corrected chi connectivity index (χ3v) is 30.7. The van der Waals surface area contributed by atoms with E-state index in [1.165, 1.54) is 58.0 Å². The van der Waals surface area contributed by atoms with Crippen LogP contribution in [-0.4, -0.2) is 30.3 Å². The van der Waals surface area contributed by atoms with Crippen molar-refractivity contribution in [2.45, 2.75) is 51.4 Å². The van der Waals surface area contributed by atoms with E-state index in [4.69, 9.17) is 9.72 Å². The van der Waals surface area contributed by atoms with Gasteiger partial charge in [0.2, 0.25) is 0 Å². The van der Waals surface area contributed by atoms with Gasteiger partial charge in [0.25, 0.3) is 6.33 Å². The van der Waals surface area contributed by atoms with Gasteiger partial charge in [0, 0.05) is 23.0 Å². The highest BCUT2D eigenvalue weighted by Gasteiger charge is 2.44. The van der Waals surface area contributed by atoms with Gasteiger partial charge in [-0.15, -0.1) is 0 Å². The second-order valence-electron chi connectivity index (χ2n) is 27.8. The summed E-state index contributed by atoms with van der Waals surface area (Å²) in [5.74, 6) is 2.37. The predicted molar refractivity (Wildman–Crippen MR) is 416 cm³/mol. The van der Waals surface area contributed by atoms with Crippen LogP contribution >= 0.6 is 0 Å². The second kappa shape index (κ2) is 24.9. The summed E-state index contributed by atoms with van der Waals surface area (Å²) >= 11 is 0. The molecule has 0 spiro atoms. The minimum Gasteiger partial charge on any atom is -0.458 e. The van der Waals surface area contributed by atoms with E-state index in [9.17, 15) is 0 Å². The van der Waals surface area contributed by atoms with Crippen LogP contribution in [0.2, 0.25) is 0 Å². The van der Waals surface area contributed by atoms with Crippen LogP contribution < -0.4 is 50.8 Å². The van der Waals surface area contributed by atoms with Gasteiger partial charge in [0.15, 0.2) is 16.1 Å². The Labute approximate surface area is 581 Å². The van der Waals surface area contributed by atoms with Crippen molar-refractivity contribution in [3.8, 4) is 50.9 Å². The Kier molecular flexibility index (Phi) is 15.4. The van der Waals surface area contributed by atoms with Crippen molar-refractivity contribution in [3.63, 3.8) is 0 Å². The fraction of sp³-hybridized carbons (Fsp3) is 0.0870. The van der Waals surface area contributed by atoms with Crippen molar-refractivity contribution in [1.29, 1.82) is 0 Å². The second-order valence-corrected chi connectivity index (χ2v) is 35.4. The zero-order valence-electron chi connectivity index (χ0n) is 56.1. The SMILES string of the molecule is CC1(C)CCC(C)(C)c2cc(-n3c4ccccc4c4ccc(Oc5cccc(-n6[c-][n+](-c7c(-c8cccc([Si](c9ccccc9)(c9ccccc9)c9ccccc9)c8)cccc7-c7cccc([Si](c8ccccc8)(c8ccccc8)c8ccccc8)c7)c7ccccc76)c5)cc43)ncc21. The Hall–Kier alpha value is -11.5. The summed E-state index contributed by atoms with van der Waals surface area (Å²) in [5, 5.41) is 12.9. The molecule has 0 unspecified atom stereocenters. The molecule has 0 bridgehead atoms. The molecule has 5 nitrogen and oxygen atoms in total. The summed E-state index contributed by atoms with van der Waals surface area (Å²) < 4.78 is 13.9. The molecule has 3 heterocycles. The normalized spacial score (nSPS) is 13.5. The Morgan fingerprint density at radius 2 is 0.788 bits per heavy atom. The molecular weight excluding hydrogens is 1230 g/mol. The van der Waals surface area contributed by atoms with Crippen molar-refractivity contribution < 1.29 is 9.30 Å². The van der Waals surface area contributed by atoms with E-state index >= 15 is 0 Å². The summed E-state index contributed by atoms with van der Waals surface area (Å²) in [5.41, 5.74) is 13.3. The van der Waals surface area contributed by atoms with Crippen LogP contribution in [-0.2, 0) is 10.8 Å². The molecule has 3 aromatic heterocycles. The third-order valence-electron chi connectivity index (χ3n) is 21.2. The standard InChI is InChI=1S/C92H74N4OSi2/c1-91(2)57-58-92(3,4)84-64-93-89(63-83(84)91)96-85-52-24-23-49-81(85)82-56-55-70(62-88(82)96)97-69-34-29-33-68(61-69)94-65-95(87-54-26-25-53-86(87)94)90-79(66-31-27-47-77(59-66)98(71-35-11-5-12-36-71,72-37-13-6-14-38-72)73-39-15-7-16-40-73)50-30-51-80(90)67-32-28-48-78(60-67)99(74-41-17-8-18-42-74,75-43-19-9-20-44-75)76-45-21-10-22-46-76/h5-56,59-64H,57-58H2,1-4H3. The Bertz CT molecular complexity index is 5270. The number of benzene rings is 13. The zero-order valence-corrected chi connectivity index (χ0v) is 58.1. The van der Waals surface area contributed by atoms with Crippen molar-refractivity contribution in [2.75, 3.05) is 0 Å². The summed E-state index contributed by atoms with van der Waals surface area (Å²) in [6.07, 6.45) is 8.46. The molecule has 1 aliphatic rings. The van der Waals surface area contributed by atoms with Crippen molar-refractivity contribution in [1.82, 2.24) is 14.1 Å². The minimum atomic E-state index is -2.97. The Balaban J connectivity index is 0.851. The first-order valence-electron chi connectivity index (χ1n) is 34.5. The first kappa shape index (κ1) is 61.1. The van der Waals surface area contributed by atoms with E-state index in [0.29, 0.717) is 5.75 Å². The number of fused-ring (bicyclic) bond motifs is 5. The summed E-state index contributed by atoms with van der Waals surface area (Å²) in [6, 6.07) is 128. The van der Waals surface area contributed by atoms with Gasteiger partial charge in [-0.1, -0.05) is 325 Å². The van der Waals surface area contributed by atoms with E-state index in [1.54, 1.807) is 0 Å². The number of rotatable bonds is 15. The maximum Gasteiger partial charge on any atom is 0.269 e. The van der Waals surface area contributed by atoms with Crippen LogP contribution in [0, 0.1) is 6.33 Å². The van der Waals surface area contributed by atoms with Gasteiger partial charge in [0.1, 0.15) is 17.3 Å². The lowest BCUT2D eigenvalue weighted by molar-refractivity contribution is -0.571. The van der Waals surface area contributed by atoms with Gasteiger partial charge < -0.3 is 4.74 Å². The molecule has 0 fully saturated rings. The van der Waals surface area contributed by atoms with Gasteiger partial charge in [0.05, 0.1) is 33.4 Å². The predicted octanol–water partition coefficient (Wildman–Crippen LogP) is 16.4. The molecule has 1 aliphatic carbocycles. The number of nitrogens with zero attached hydrogens (tertiary/aromatic N) is 4. The minimum absolute atomic E-state index is 0.0264. The monoisotopic (exact) mass is 1310 g/mol. The van der Waals surface area contributed by atoms with Crippen LogP contribution in [0.4, 0.5) is 0 Å². The number of ether oxygens (including phenoxy) is 1. The molecule has 0 saturated carbocycles. The zero-order chi connectivity index (χ0) is 66.7. The van der Waals surface area contributed by atoms with Crippen molar-refractivity contribution in [3.05, 3.63) is 369 Å². The fourth-order valence-electron chi connectivity index (χ4n) is 16.3. The van der Waals surface area contributed by atoms with Gasteiger partial charge in [-0.2, -0.15) is 0 Å². The van der Waals surface area contributed by atoms with Crippen LogP contribution in [0.1, 0.15) is 51.7 Å². The molecule has 0 aliphatic heterocycles. The maximum atomic E-state index is 7.05. The average Bonchev–Trinajstić information content (AvgIpc) is 1.41. The summed E-state index contributed by atoms with van der Waals surface area (Å²) in [7, 11) is -5.93. The molecule has 0 radical (unpaired) electrons. The van der Waals surface area contributed by atoms with E-state index in [2.05, 4.69) is 400 Å². The number of hydrogen-bond acceptors (Lipinski definition) is 2. The van der Waals surface area contributed by atoms with Gasteiger partial charge in [-0.3, -0.25) is 13.7 Å². The highest BCUT2D eigenvalue weighted by Crippen LogP contribution is 2.47. The first-order chi connectivity index (χ1) is 48.6. The topological polar surface area (TPSA) is 35.9 Å². The lowest BCUT2D eigenvalue weighted by Gasteiger charge is -2.41. The van der Waals surface area contributed by atoms with Gasteiger partial charge >= 0.3 is 0 Å². The number of imidazole rings is 1. The van der Waals surface area contributed by atoms with Crippen LogP contribution in [0.3, 0.4) is 0 Å². The Morgan fingerprint density at radius 3 is 1.31 bits per heavy atom. The molecule has 476 valence electrons. The first-order valence-corrected chi connectivity index (χ1v) is 38.5. The molecule has 0 amide bonds. The lowest BCUT2D eigenvalue weighted by Crippen LogP contribution is -2.74. The quantitative estimate of drug-likeness (QED) is 0.0444. The smallest absolute Gasteiger partial charge is 0.269 e. The molecule has 99 heavy (non-hydrogen) atoms. The molecule has 17 rings (SSSR count). The van der Waals surface area contributed by atoms with E-state index < -0.39 is 16.1 Å². The number of aromatic nitrogens is 4. The molecule has 0 atom stereocenters.